The van der Waals surface area contributed by atoms with Crippen LogP contribution in [0.25, 0.3) is 0 Å². The fourth-order valence-electron chi connectivity index (χ4n) is 0.991. The Balaban J connectivity index is 2.53. The maximum atomic E-state index is 11.5. The van der Waals surface area contributed by atoms with Crippen LogP contribution in [0, 0.1) is 0 Å². The predicted octanol–water partition coefficient (Wildman–Crippen LogP) is 1.22. The minimum atomic E-state index is -0.437. The lowest BCUT2D eigenvalue weighted by Gasteiger charge is -2.17. The maximum Gasteiger partial charge on any atom is 0.314 e. The van der Waals surface area contributed by atoms with E-state index in [1.54, 1.807) is 0 Å². The van der Waals surface area contributed by atoms with E-state index in [1.807, 2.05) is 27.7 Å². The van der Waals surface area contributed by atoms with E-state index in [0.717, 1.165) is 12.8 Å². The van der Waals surface area contributed by atoms with Gasteiger partial charge in [-0.25, -0.2) is 10.5 Å². The van der Waals surface area contributed by atoms with E-state index >= 15 is 0 Å². The van der Waals surface area contributed by atoms with Crippen LogP contribution in [-0.4, -0.2) is 26.7 Å². The number of carbonyl (C=O) groups is 1. The van der Waals surface area contributed by atoms with Crippen LogP contribution in [0.15, 0.2) is 0 Å². The van der Waals surface area contributed by atoms with Gasteiger partial charge in [0.1, 0.15) is 5.82 Å². The van der Waals surface area contributed by atoms with Crippen molar-refractivity contribution in [3.8, 4) is 0 Å². The van der Waals surface area contributed by atoms with Crippen LogP contribution in [0.5, 0.6) is 0 Å². The fourth-order valence-corrected chi connectivity index (χ4v) is 0.991. The van der Waals surface area contributed by atoms with Gasteiger partial charge in [-0.05, 0) is 27.2 Å². The van der Waals surface area contributed by atoms with Crippen LogP contribution in [0.1, 0.15) is 50.6 Å². The molecule has 16 heavy (non-hydrogen) atoms. The zero-order valence-corrected chi connectivity index (χ0v) is 10.1. The summed E-state index contributed by atoms with van der Waals surface area (Å²) in [5.41, 5.74) is 1.88. The van der Waals surface area contributed by atoms with Gasteiger partial charge >= 0.3 is 5.91 Å². The monoisotopic (exact) mass is 226 g/mol. The second kappa shape index (κ2) is 5.07. The quantitative estimate of drug-likeness (QED) is 0.756. The second-order valence-electron chi connectivity index (χ2n) is 4.50. The number of aromatic amines is 1. The lowest BCUT2D eigenvalue weighted by Crippen LogP contribution is -2.34. The van der Waals surface area contributed by atoms with E-state index in [9.17, 15) is 4.79 Å². The first-order chi connectivity index (χ1) is 7.42. The first-order valence-corrected chi connectivity index (χ1v) is 5.32. The Morgan fingerprint density at radius 3 is 2.75 bits per heavy atom. The van der Waals surface area contributed by atoms with E-state index in [4.69, 9.17) is 4.84 Å². The first-order valence-electron chi connectivity index (χ1n) is 5.32. The number of nitrogens with one attached hydrogen (secondary N) is 2. The summed E-state index contributed by atoms with van der Waals surface area (Å²) in [4.78, 5) is 20.7. The van der Waals surface area contributed by atoms with Crippen molar-refractivity contribution in [2.75, 3.05) is 0 Å². The zero-order chi connectivity index (χ0) is 12.2. The van der Waals surface area contributed by atoms with Gasteiger partial charge in [0.15, 0.2) is 0 Å². The first kappa shape index (κ1) is 12.6. The molecule has 1 aromatic heterocycles. The molecular formula is C10H18N4O2. The van der Waals surface area contributed by atoms with Gasteiger partial charge in [-0.1, -0.05) is 6.92 Å². The van der Waals surface area contributed by atoms with E-state index < -0.39 is 11.5 Å². The standard InChI is InChI=1S/C10H18N4O2/c1-5-6-7-11-8(13-12-7)9(15)14-16-10(2,3)4/h5-6H2,1-4H3,(H,14,15)(H,11,12,13). The van der Waals surface area contributed by atoms with E-state index in [0.29, 0.717) is 5.82 Å². The molecule has 1 heterocycles. The Morgan fingerprint density at radius 1 is 1.50 bits per heavy atom. The summed E-state index contributed by atoms with van der Waals surface area (Å²) in [7, 11) is 0. The van der Waals surface area contributed by atoms with Crippen LogP contribution >= 0.6 is 0 Å². The molecule has 2 N–H and O–H groups in total. The van der Waals surface area contributed by atoms with E-state index in [1.165, 1.54) is 0 Å². The molecule has 0 saturated heterocycles. The van der Waals surface area contributed by atoms with Gasteiger partial charge in [0.05, 0.1) is 5.60 Å². The molecule has 90 valence electrons. The maximum absolute atomic E-state index is 11.5. The molecule has 0 fully saturated rings. The fraction of sp³-hybridized carbons (Fsp3) is 0.700. The molecule has 6 nitrogen and oxygen atoms in total. The number of amides is 1. The van der Waals surface area contributed by atoms with Crippen molar-refractivity contribution in [1.82, 2.24) is 20.7 Å². The molecule has 1 aromatic rings. The Labute approximate surface area is 94.7 Å². The Morgan fingerprint density at radius 2 is 2.19 bits per heavy atom. The number of aryl methyl sites for hydroxylation is 1. The second-order valence-corrected chi connectivity index (χ2v) is 4.50. The molecule has 6 heteroatoms. The number of carbonyl (C=O) groups excluding carboxylic acids is 1. The average Bonchev–Trinajstić information content (AvgIpc) is 2.62. The van der Waals surface area contributed by atoms with Crippen LogP contribution in [0.4, 0.5) is 0 Å². The number of aromatic nitrogens is 3. The lowest BCUT2D eigenvalue weighted by molar-refractivity contribution is -0.0593. The summed E-state index contributed by atoms with van der Waals surface area (Å²) < 4.78 is 0. The predicted molar refractivity (Wildman–Crippen MR) is 58.7 cm³/mol. The Hall–Kier alpha value is -1.43. The largest absolute Gasteiger partial charge is 0.314 e. The Bertz CT molecular complexity index is 354. The van der Waals surface area contributed by atoms with Gasteiger partial charge in [-0.15, -0.1) is 5.10 Å². The van der Waals surface area contributed by atoms with Crippen molar-refractivity contribution < 1.29 is 9.63 Å². The van der Waals surface area contributed by atoms with Crippen LogP contribution in [0.3, 0.4) is 0 Å². The van der Waals surface area contributed by atoms with Crippen molar-refractivity contribution in [2.45, 2.75) is 46.1 Å². The summed E-state index contributed by atoms with van der Waals surface area (Å²) in [6, 6.07) is 0. The van der Waals surface area contributed by atoms with Gasteiger partial charge in [0.25, 0.3) is 0 Å². The molecule has 0 spiro atoms. The highest BCUT2D eigenvalue weighted by atomic mass is 16.7. The zero-order valence-electron chi connectivity index (χ0n) is 10.1. The molecule has 0 bridgehead atoms. The third-order valence-corrected chi connectivity index (χ3v) is 1.67. The number of H-pyrrole nitrogens is 1. The average molecular weight is 226 g/mol. The molecule has 0 unspecified atom stereocenters. The molecule has 0 aliphatic rings. The number of hydroxylamine groups is 1. The summed E-state index contributed by atoms with van der Waals surface area (Å²) in [6.07, 6.45) is 1.73. The normalized spacial score (nSPS) is 11.5. The van der Waals surface area contributed by atoms with E-state index in [2.05, 4.69) is 20.7 Å². The molecule has 1 amide bonds. The molecule has 0 saturated carbocycles. The van der Waals surface area contributed by atoms with Crippen molar-refractivity contribution in [3.05, 3.63) is 11.6 Å². The molecule has 0 aromatic carbocycles. The van der Waals surface area contributed by atoms with Gasteiger partial charge in [0, 0.05) is 6.42 Å². The molecular weight excluding hydrogens is 208 g/mol. The molecule has 1 rings (SSSR count). The molecule has 0 aliphatic carbocycles. The molecule has 0 radical (unpaired) electrons. The number of hydrogen-bond donors (Lipinski definition) is 2. The van der Waals surface area contributed by atoms with Crippen LogP contribution < -0.4 is 5.48 Å². The summed E-state index contributed by atoms with van der Waals surface area (Å²) in [5.74, 6) is 0.379. The number of nitrogens with zero attached hydrogens (tertiary/aromatic N) is 2. The molecule has 0 atom stereocenters. The van der Waals surface area contributed by atoms with Gasteiger partial charge in [-0.2, -0.15) is 0 Å². The smallest absolute Gasteiger partial charge is 0.268 e. The van der Waals surface area contributed by atoms with Crippen molar-refractivity contribution in [1.29, 1.82) is 0 Å². The van der Waals surface area contributed by atoms with Crippen molar-refractivity contribution in [2.24, 2.45) is 0 Å². The topological polar surface area (TPSA) is 79.9 Å². The number of hydrogen-bond acceptors (Lipinski definition) is 4. The summed E-state index contributed by atoms with van der Waals surface area (Å²) >= 11 is 0. The summed E-state index contributed by atoms with van der Waals surface area (Å²) in [5, 5.41) is 6.51. The summed E-state index contributed by atoms with van der Waals surface area (Å²) in [6.45, 7) is 7.56. The van der Waals surface area contributed by atoms with Crippen molar-refractivity contribution >= 4 is 5.91 Å². The highest BCUT2D eigenvalue weighted by Gasteiger charge is 2.16. The highest BCUT2D eigenvalue weighted by molar-refractivity contribution is 5.89. The van der Waals surface area contributed by atoms with Gasteiger partial charge < -0.3 is 0 Å². The van der Waals surface area contributed by atoms with Crippen LogP contribution in [0.2, 0.25) is 0 Å². The van der Waals surface area contributed by atoms with Crippen molar-refractivity contribution in [3.63, 3.8) is 0 Å². The SMILES string of the molecule is CCCc1nc(C(=O)NOC(C)(C)C)n[nH]1. The van der Waals surface area contributed by atoms with E-state index in [-0.39, 0.29) is 5.82 Å². The van der Waals surface area contributed by atoms with Crippen LogP contribution in [-0.2, 0) is 11.3 Å². The molecule has 0 aliphatic heterocycles. The van der Waals surface area contributed by atoms with Gasteiger partial charge in [0.2, 0.25) is 5.82 Å². The minimum Gasteiger partial charge on any atom is -0.268 e. The number of rotatable bonds is 4. The minimum absolute atomic E-state index is 0.104. The third kappa shape index (κ3) is 3.98. The van der Waals surface area contributed by atoms with Gasteiger partial charge in [-0.3, -0.25) is 14.7 Å². The lowest BCUT2D eigenvalue weighted by atomic mass is 10.2. The highest BCUT2D eigenvalue weighted by Crippen LogP contribution is 2.04. The third-order valence-electron chi connectivity index (χ3n) is 1.67. The Kier molecular flexibility index (Phi) is 4.00.